The van der Waals surface area contributed by atoms with Crippen LogP contribution in [-0.4, -0.2) is 35.4 Å². The molecular formula is C20H21NO5. The summed E-state index contributed by atoms with van der Waals surface area (Å²) in [6.07, 6.45) is 0.678. The van der Waals surface area contributed by atoms with Crippen LogP contribution in [0.15, 0.2) is 46.4 Å². The molecule has 0 aliphatic carbocycles. The van der Waals surface area contributed by atoms with Crippen molar-refractivity contribution >= 4 is 17.4 Å². The van der Waals surface area contributed by atoms with Crippen LogP contribution in [0.2, 0.25) is 0 Å². The van der Waals surface area contributed by atoms with Gasteiger partial charge in [-0.25, -0.2) is 0 Å². The topological polar surface area (TPSA) is 80.0 Å². The van der Waals surface area contributed by atoms with Gasteiger partial charge in [-0.1, -0.05) is 19.1 Å². The zero-order valence-electron chi connectivity index (χ0n) is 15.0. The first kappa shape index (κ1) is 17.8. The maximum absolute atomic E-state index is 12.7. The summed E-state index contributed by atoms with van der Waals surface area (Å²) in [6, 6.07) is 9.56. The van der Waals surface area contributed by atoms with E-state index in [9.17, 15) is 14.7 Å². The zero-order valence-corrected chi connectivity index (χ0v) is 15.0. The van der Waals surface area contributed by atoms with Crippen molar-refractivity contribution in [1.29, 1.82) is 0 Å². The zero-order chi connectivity index (χ0) is 18.8. The Morgan fingerprint density at radius 2 is 1.96 bits per heavy atom. The molecule has 0 spiro atoms. The van der Waals surface area contributed by atoms with E-state index in [1.54, 1.807) is 43.3 Å². The average molecular weight is 355 g/mol. The van der Waals surface area contributed by atoms with Gasteiger partial charge >= 0.3 is 0 Å². The lowest BCUT2D eigenvalue weighted by atomic mass is 9.99. The van der Waals surface area contributed by atoms with Crippen molar-refractivity contribution in [1.82, 2.24) is 4.90 Å². The van der Waals surface area contributed by atoms with E-state index in [0.29, 0.717) is 35.8 Å². The molecule has 0 bridgehead atoms. The van der Waals surface area contributed by atoms with Crippen LogP contribution in [0.5, 0.6) is 5.75 Å². The molecule has 1 saturated heterocycles. The molecule has 1 aromatic carbocycles. The highest BCUT2D eigenvalue weighted by molar-refractivity contribution is 6.46. The summed E-state index contributed by atoms with van der Waals surface area (Å²) in [7, 11) is 1.48. The van der Waals surface area contributed by atoms with Crippen molar-refractivity contribution in [2.24, 2.45) is 0 Å². The number of aryl methyl sites for hydroxylation is 1. The van der Waals surface area contributed by atoms with Crippen molar-refractivity contribution in [3.63, 3.8) is 0 Å². The Morgan fingerprint density at radius 3 is 2.58 bits per heavy atom. The van der Waals surface area contributed by atoms with E-state index < -0.39 is 17.7 Å². The van der Waals surface area contributed by atoms with E-state index >= 15 is 0 Å². The first-order valence-electron chi connectivity index (χ1n) is 8.47. The summed E-state index contributed by atoms with van der Waals surface area (Å²) < 4.78 is 11.0. The van der Waals surface area contributed by atoms with Crippen LogP contribution in [0.25, 0.3) is 5.76 Å². The van der Waals surface area contributed by atoms with E-state index in [0.717, 1.165) is 0 Å². The van der Waals surface area contributed by atoms with Crippen molar-refractivity contribution in [3.8, 4) is 5.75 Å². The number of carbonyl (C=O) groups is 2. The second-order valence-electron chi connectivity index (χ2n) is 6.14. The molecule has 6 heteroatoms. The molecule has 1 N–H and O–H groups in total. The van der Waals surface area contributed by atoms with Gasteiger partial charge in [-0.3, -0.25) is 9.59 Å². The van der Waals surface area contributed by atoms with Crippen molar-refractivity contribution in [2.75, 3.05) is 13.7 Å². The Labute approximate surface area is 151 Å². The molecule has 1 amide bonds. The van der Waals surface area contributed by atoms with Crippen LogP contribution in [0, 0.1) is 6.92 Å². The summed E-state index contributed by atoms with van der Waals surface area (Å²) in [5.41, 5.74) is 0.375. The number of benzene rings is 1. The first-order valence-corrected chi connectivity index (χ1v) is 8.47. The number of ether oxygens (including phenoxy) is 1. The number of hydrogen-bond donors (Lipinski definition) is 1. The number of aliphatic hydroxyl groups excluding tert-OH is 1. The van der Waals surface area contributed by atoms with Gasteiger partial charge in [-0.2, -0.15) is 0 Å². The van der Waals surface area contributed by atoms with E-state index in [2.05, 4.69) is 0 Å². The largest absolute Gasteiger partial charge is 0.507 e. The van der Waals surface area contributed by atoms with Gasteiger partial charge in [0.05, 0.1) is 18.2 Å². The quantitative estimate of drug-likeness (QED) is 0.505. The lowest BCUT2D eigenvalue weighted by Crippen LogP contribution is -2.30. The van der Waals surface area contributed by atoms with E-state index in [1.165, 1.54) is 12.0 Å². The number of amides is 1. The lowest BCUT2D eigenvalue weighted by Gasteiger charge is -2.22. The number of hydrogen-bond acceptors (Lipinski definition) is 5. The molecule has 2 heterocycles. The predicted molar refractivity (Wildman–Crippen MR) is 95.7 cm³/mol. The molecule has 1 fully saturated rings. The monoisotopic (exact) mass is 355 g/mol. The number of rotatable bonds is 5. The van der Waals surface area contributed by atoms with E-state index in [-0.39, 0.29) is 11.3 Å². The number of aliphatic hydroxyl groups is 1. The highest BCUT2D eigenvalue weighted by atomic mass is 16.5. The number of likely N-dealkylation sites (tertiary alicyclic amines) is 1. The summed E-state index contributed by atoms with van der Waals surface area (Å²) in [6.45, 7) is 4.09. The van der Waals surface area contributed by atoms with Crippen molar-refractivity contribution < 1.29 is 23.8 Å². The van der Waals surface area contributed by atoms with Crippen LogP contribution in [-0.2, 0) is 9.59 Å². The van der Waals surface area contributed by atoms with Crippen LogP contribution in [0.3, 0.4) is 0 Å². The Hall–Kier alpha value is -3.02. The number of Topliss-reactive ketones (excluding diaryl/α,β-unsaturated/α-hetero) is 1. The fraction of sp³-hybridized carbons (Fsp3) is 0.300. The third-order valence-corrected chi connectivity index (χ3v) is 4.40. The molecule has 6 nitrogen and oxygen atoms in total. The van der Waals surface area contributed by atoms with E-state index in [1.807, 2.05) is 6.92 Å². The third-order valence-electron chi connectivity index (χ3n) is 4.40. The molecule has 1 unspecified atom stereocenters. The lowest BCUT2D eigenvalue weighted by molar-refractivity contribution is -0.140. The summed E-state index contributed by atoms with van der Waals surface area (Å²) in [5.74, 6) is -0.0891. The van der Waals surface area contributed by atoms with Gasteiger partial charge in [0.15, 0.2) is 0 Å². The van der Waals surface area contributed by atoms with Crippen molar-refractivity contribution in [2.45, 2.75) is 26.3 Å². The number of para-hydroxylation sites is 1. The molecule has 1 aliphatic rings. The van der Waals surface area contributed by atoms with Crippen LogP contribution in [0.1, 0.15) is 36.5 Å². The fourth-order valence-electron chi connectivity index (χ4n) is 3.23. The number of carbonyl (C=O) groups excluding carboxylic acids is 2. The maximum Gasteiger partial charge on any atom is 0.295 e. The molecular weight excluding hydrogens is 334 g/mol. The predicted octanol–water partition coefficient (Wildman–Crippen LogP) is 3.43. The Morgan fingerprint density at radius 1 is 1.23 bits per heavy atom. The maximum atomic E-state index is 12.7. The van der Waals surface area contributed by atoms with Gasteiger partial charge in [0.2, 0.25) is 0 Å². The van der Waals surface area contributed by atoms with Gasteiger partial charge in [0.1, 0.15) is 29.1 Å². The summed E-state index contributed by atoms with van der Waals surface area (Å²) in [5, 5.41) is 10.9. The molecule has 26 heavy (non-hydrogen) atoms. The Balaban J connectivity index is 2.21. The minimum Gasteiger partial charge on any atom is -0.507 e. The average Bonchev–Trinajstić information content (AvgIpc) is 3.18. The van der Waals surface area contributed by atoms with Gasteiger partial charge in [-0.15, -0.1) is 0 Å². The van der Waals surface area contributed by atoms with E-state index in [4.69, 9.17) is 9.15 Å². The third kappa shape index (κ3) is 2.87. The van der Waals surface area contributed by atoms with Gasteiger partial charge in [-0.05, 0) is 37.6 Å². The standard InChI is InChI=1S/C20H21NO5/c1-4-11-21-17(15-10-9-12(2)26-15)16(19(23)20(21)24)18(22)13-7-5-6-8-14(13)25-3/h5-10,17,22H,4,11H2,1-3H3/b18-16-. The Bertz CT molecular complexity index is 880. The second-order valence-corrected chi connectivity index (χ2v) is 6.14. The number of ketones is 1. The minimum absolute atomic E-state index is 0.0160. The minimum atomic E-state index is -0.756. The second kappa shape index (κ2) is 7.07. The molecule has 3 rings (SSSR count). The molecule has 1 aromatic heterocycles. The van der Waals surface area contributed by atoms with Gasteiger partial charge < -0.3 is 19.2 Å². The highest BCUT2D eigenvalue weighted by Crippen LogP contribution is 2.41. The first-order chi connectivity index (χ1) is 12.5. The fourth-order valence-corrected chi connectivity index (χ4v) is 3.23. The normalized spacial score (nSPS) is 19.2. The molecule has 0 radical (unpaired) electrons. The number of furan rings is 1. The number of methoxy groups -OCH3 is 1. The van der Waals surface area contributed by atoms with Crippen molar-refractivity contribution in [3.05, 3.63) is 59.1 Å². The highest BCUT2D eigenvalue weighted by Gasteiger charge is 2.47. The van der Waals surface area contributed by atoms with Gasteiger partial charge in [0, 0.05) is 6.54 Å². The SMILES string of the molecule is CCCN1C(=O)C(=O)/C(=C(\O)c2ccccc2OC)C1c1ccc(C)o1. The molecule has 0 saturated carbocycles. The smallest absolute Gasteiger partial charge is 0.295 e. The summed E-state index contributed by atoms with van der Waals surface area (Å²) in [4.78, 5) is 26.7. The molecule has 136 valence electrons. The molecule has 1 atom stereocenters. The Kier molecular flexibility index (Phi) is 4.84. The van der Waals surface area contributed by atoms with Crippen LogP contribution >= 0.6 is 0 Å². The summed E-state index contributed by atoms with van der Waals surface area (Å²) >= 11 is 0. The molecule has 2 aromatic rings. The van der Waals surface area contributed by atoms with Crippen LogP contribution < -0.4 is 4.74 Å². The van der Waals surface area contributed by atoms with Crippen LogP contribution in [0.4, 0.5) is 0 Å². The molecule has 1 aliphatic heterocycles. The van der Waals surface area contributed by atoms with Gasteiger partial charge in [0.25, 0.3) is 11.7 Å². The number of nitrogens with zero attached hydrogens (tertiary/aromatic N) is 1.